The van der Waals surface area contributed by atoms with E-state index in [1.807, 2.05) is 0 Å². The number of rotatable bonds is 6. The van der Waals surface area contributed by atoms with Crippen molar-refractivity contribution in [2.75, 3.05) is 13.1 Å². The molecule has 0 aliphatic heterocycles. The molecule has 1 atom stereocenters. The molecule has 1 amide bonds. The molecule has 0 radical (unpaired) electrons. The number of amides is 1. The Morgan fingerprint density at radius 2 is 2.00 bits per heavy atom. The zero-order valence-electron chi connectivity index (χ0n) is 13.2. The van der Waals surface area contributed by atoms with Crippen LogP contribution in [0.2, 0.25) is 0 Å². The summed E-state index contributed by atoms with van der Waals surface area (Å²) in [5.74, 6) is 0.705. The molecule has 3 nitrogen and oxygen atoms in total. The van der Waals surface area contributed by atoms with E-state index in [0.717, 1.165) is 13.1 Å². The van der Waals surface area contributed by atoms with Crippen LogP contribution in [-0.4, -0.2) is 25.0 Å². The molecule has 3 heteroatoms. The van der Waals surface area contributed by atoms with Crippen LogP contribution < -0.4 is 10.6 Å². The standard InChI is InChI=1S/C16H32N2O/c1-13(2)12-18-15(19)8-11-17-14-6-5-9-16(3,4)10-7-14/h13-14,17H,5-12H2,1-4H3,(H,18,19). The Kier molecular flexibility index (Phi) is 6.84. The van der Waals surface area contributed by atoms with Crippen LogP contribution in [0.25, 0.3) is 0 Å². The van der Waals surface area contributed by atoms with E-state index in [0.29, 0.717) is 23.8 Å². The monoisotopic (exact) mass is 268 g/mol. The molecule has 1 fully saturated rings. The highest BCUT2D eigenvalue weighted by Crippen LogP contribution is 2.33. The van der Waals surface area contributed by atoms with Crippen molar-refractivity contribution in [3.8, 4) is 0 Å². The maximum Gasteiger partial charge on any atom is 0.221 e. The fraction of sp³-hybridized carbons (Fsp3) is 0.938. The normalized spacial score (nSPS) is 23.1. The molecule has 2 N–H and O–H groups in total. The van der Waals surface area contributed by atoms with Crippen LogP contribution in [-0.2, 0) is 4.79 Å². The Bertz CT molecular complexity index is 274. The van der Waals surface area contributed by atoms with Gasteiger partial charge in [-0.2, -0.15) is 0 Å². The van der Waals surface area contributed by atoms with Gasteiger partial charge < -0.3 is 10.6 Å². The van der Waals surface area contributed by atoms with Crippen molar-refractivity contribution < 1.29 is 4.79 Å². The van der Waals surface area contributed by atoms with E-state index < -0.39 is 0 Å². The Hall–Kier alpha value is -0.570. The van der Waals surface area contributed by atoms with Crippen LogP contribution in [0.1, 0.15) is 66.2 Å². The molecule has 0 bridgehead atoms. The first-order chi connectivity index (χ1) is 8.89. The summed E-state index contributed by atoms with van der Waals surface area (Å²) in [4.78, 5) is 11.6. The third-order valence-corrected chi connectivity index (χ3v) is 4.07. The van der Waals surface area contributed by atoms with Crippen molar-refractivity contribution in [3.05, 3.63) is 0 Å². The lowest BCUT2D eigenvalue weighted by Gasteiger charge is -2.22. The first-order valence-corrected chi connectivity index (χ1v) is 7.89. The van der Waals surface area contributed by atoms with Crippen molar-refractivity contribution in [1.29, 1.82) is 0 Å². The molecular formula is C16H32N2O. The van der Waals surface area contributed by atoms with Crippen LogP contribution in [0.15, 0.2) is 0 Å². The molecule has 0 heterocycles. The summed E-state index contributed by atoms with van der Waals surface area (Å²) in [6.07, 6.45) is 7.05. The molecule has 1 unspecified atom stereocenters. The molecule has 0 aromatic heterocycles. The summed E-state index contributed by atoms with van der Waals surface area (Å²) < 4.78 is 0. The summed E-state index contributed by atoms with van der Waals surface area (Å²) in [6, 6.07) is 0.611. The van der Waals surface area contributed by atoms with Crippen LogP contribution >= 0.6 is 0 Å². The van der Waals surface area contributed by atoms with Gasteiger partial charge in [0.25, 0.3) is 0 Å². The molecule has 1 aliphatic rings. The minimum Gasteiger partial charge on any atom is -0.356 e. The van der Waals surface area contributed by atoms with E-state index in [4.69, 9.17) is 0 Å². The van der Waals surface area contributed by atoms with Crippen molar-refractivity contribution >= 4 is 5.91 Å². The van der Waals surface area contributed by atoms with Crippen molar-refractivity contribution in [2.45, 2.75) is 72.3 Å². The molecule has 1 rings (SSSR count). The second kappa shape index (κ2) is 7.88. The quantitative estimate of drug-likeness (QED) is 0.727. The Balaban J connectivity index is 2.13. The number of carbonyl (C=O) groups is 1. The first kappa shape index (κ1) is 16.5. The predicted molar refractivity (Wildman–Crippen MR) is 81.1 cm³/mol. The van der Waals surface area contributed by atoms with E-state index in [2.05, 4.69) is 38.3 Å². The highest BCUT2D eigenvalue weighted by molar-refractivity contribution is 5.76. The minimum absolute atomic E-state index is 0.176. The number of carbonyl (C=O) groups excluding carboxylic acids is 1. The highest BCUT2D eigenvalue weighted by Gasteiger charge is 2.23. The van der Waals surface area contributed by atoms with E-state index in [1.165, 1.54) is 32.1 Å². The third kappa shape index (κ3) is 7.56. The van der Waals surface area contributed by atoms with Gasteiger partial charge in [-0.05, 0) is 37.0 Å². The average Bonchev–Trinajstić information content (AvgIpc) is 2.48. The largest absolute Gasteiger partial charge is 0.356 e. The molecule has 19 heavy (non-hydrogen) atoms. The van der Waals surface area contributed by atoms with Crippen molar-refractivity contribution in [1.82, 2.24) is 10.6 Å². The van der Waals surface area contributed by atoms with Crippen molar-refractivity contribution in [3.63, 3.8) is 0 Å². The van der Waals surface area contributed by atoms with E-state index in [1.54, 1.807) is 0 Å². The van der Waals surface area contributed by atoms with Gasteiger partial charge in [-0.15, -0.1) is 0 Å². The average molecular weight is 268 g/mol. The lowest BCUT2D eigenvalue weighted by Crippen LogP contribution is -2.34. The summed E-state index contributed by atoms with van der Waals surface area (Å²) in [5, 5.41) is 6.52. The van der Waals surface area contributed by atoms with Gasteiger partial charge in [-0.25, -0.2) is 0 Å². The Morgan fingerprint density at radius 1 is 1.26 bits per heavy atom. The molecule has 0 saturated heterocycles. The second-order valence-electron chi connectivity index (χ2n) is 7.19. The zero-order valence-corrected chi connectivity index (χ0v) is 13.2. The lowest BCUT2D eigenvalue weighted by atomic mass is 9.85. The minimum atomic E-state index is 0.176. The first-order valence-electron chi connectivity index (χ1n) is 7.89. The number of hydrogen-bond donors (Lipinski definition) is 2. The van der Waals surface area contributed by atoms with Crippen molar-refractivity contribution in [2.24, 2.45) is 11.3 Å². The summed E-state index contributed by atoms with van der Waals surface area (Å²) in [6.45, 7) is 10.6. The number of nitrogens with one attached hydrogen (secondary N) is 2. The topological polar surface area (TPSA) is 41.1 Å². The summed E-state index contributed by atoms with van der Waals surface area (Å²) in [5.41, 5.74) is 0.505. The van der Waals surface area contributed by atoms with Gasteiger partial charge in [-0.1, -0.05) is 34.1 Å². The zero-order chi connectivity index (χ0) is 14.3. The molecule has 0 aromatic rings. The molecule has 1 saturated carbocycles. The SMILES string of the molecule is CC(C)CNC(=O)CCNC1CCCC(C)(C)CC1. The van der Waals surface area contributed by atoms with E-state index >= 15 is 0 Å². The Morgan fingerprint density at radius 3 is 2.68 bits per heavy atom. The smallest absolute Gasteiger partial charge is 0.221 e. The van der Waals surface area contributed by atoms with E-state index in [-0.39, 0.29) is 5.91 Å². The van der Waals surface area contributed by atoms with Crippen LogP contribution in [0.5, 0.6) is 0 Å². The second-order valence-corrected chi connectivity index (χ2v) is 7.19. The van der Waals surface area contributed by atoms with Crippen LogP contribution in [0.4, 0.5) is 0 Å². The fourth-order valence-corrected chi connectivity index (χ4v) is 2.66. The van der Waals surface area contributed by atoms with Gasteiger partial charge in [0.1, 0.15) is 0 Å². The highest BCUT2D eigenvalue weighted by atomic mass is 16.1. The Labute approximate surface area is 118 Å². The summed E-state index contributed by atoms with van der Waals surface area (Å²) in [7, 11) is 0. The third-order valence-electron chi connectivity index (χ3n) is 4.07. The van der Waals surface area contributed by atoms with E-state index in [9.17, 15) is 4.79 Å². The molecule has 1 aliphatic carbocycles. The maximum atomic E-state index is 11.6. The molecule has 0 aromatic carbocycles. The molecule has 112 valence electrons. The predicted octanol–water partition coefficient (Wildman–Crippen LogP) is 3.10. The van der Waals surface area contributed by atoms with Gasteiger partial charge in [0.2, 0.25) is 5.91 Å². The molecular weight excluding hydrogens is 236 g/mol. The number of hydrogen-bond acceptors (Lipinski definition) is 2. The van der Waals surface area contributed by atoms with Gasteiger partial charge in [-0.3, -0.25) is 4.79 Å². The van der Waals surface area contributed by atoms with Gasteiger partial charge in [0, 0.05) is 25.6 Å². The van der Waals surface area contributed by atoms with Gasteiger partial charge >= 0.3 is 0 Å². The van der Waals surface area contributed by atoms with Crippen LogP contribution in [0, 0.1) is 11.3 Å². The van der Waals surface area contributed by atoms with Crippen LogP contribution in [0.3, 0.4) is 0 Å². The lowest BCUT2D eigenvalue weighted by molar-refractivity contribution is -0.121. The maximum absolute atomic E-state index is 11.6. The summed E-state index contributed by atoms with van der Waals surface area (Å²) >= 11 is 0. The van der Waals surface area contributed by atoms with Gasteiger partial charge in [0.05, 0.1) is 0 Å². The molecule has 0 spiro atoms. The fourth-order valence-electron chi connectivity index (χ4n) is 2.66. The van der Waals surface area contributed by atoms with Gasteiger partial charge in [0.15, 0.2) is 0 Å².